The maximum atomic E-state index is 13.0. The van der Waals surface area contributed by atoms with E-state index < -0.39 is 5.95 Å². The fraction of sp³-hybridized carbons (Fsp3) is 0.500. The number of nitrogens with zero attached hydrogens (tertiary/aromatic N) is 2. The van der Waals surface area contributed by atoms with E-state index in [1.165, 1.54) is 12.3 Å². The van der Waals surface area contributed by atoms with Crippen molar-refractivity contribution in [2.24, 2.45) is 5.92 Å². The lowest BCUT2D eigenvalue weighted by Gasteiger charge is -2.31. The van der Waals surface area contributed by atoms with Gasteiger partial charge in [0.2, 0.25) is 11.9 Å². The standard InChI is InChI=1S/C14H18FN3O2/c1-2-16-13(19)10-4-7-18(8-5-10)14(20)11-3-6-17-12(15)9-11/h3,6,9-10H,2,4-5,7-8H2,1H3,(H,16,19). The monoisotopic (exact) mass is 279 g/mol. The molecule has 108 valence electrons. The Kier molecular flexibility index (Phi) is 4.65. The average molecular weight is 279 g/mol. The van der Waals surface area contributed by atoms with Crippen molar-refractivity contribution in [3.8, 4) is 0 Å². The summed E-state index contributed by atoms with van der Waals surface area (Å²) in [5.41, 5.74) is 0.300. The number of hydrogen-bond acceptors (Lipinski definition) is 3. The molecule has 2 rings (SSSR count). The highest BCUT2D eigenvalue weighted by Gasteiger charge is 2.27. The number of carbonyl (C=O) groups is 2. The predicted molar refractivity (Wildman–Crippen MR) is 71.5 cm³/mol. The molecule has 1 aliphatic rings. The Bertz CT molecular complexity index is 499. The van der Waals surface area contributed by atoms with Gasteiger partial charge in [-0.1, -0.05) is 0 Å². The van der Waals surface area contributed by atoms with E-state index in [-0.39, 0.29) is 17.7 Å². The Morgan fingerprint density at radius 3 is 2.75 bits per heavy atom. The summed E-state index contributed by atoms with van der Waals surface area (Å²) in [5, 5.41) is 2.80. The number of likely N-dealkylation sites (tertiary alicyclic amines) is 1. The molecule has 0 unspecified atom stereocenters. The minimum Gasteiger partial charge on any atom is -0.356 e. The van der Waals surface area contributed by atoms with E-state index in [0.29, 0.717) is 38.0 Å². The van der Waals surface area contributed by atoms with Crippen molar-refractivity contribution in [2.45, 2.75) is 19.8 Å². The third kappa shape index (κ3) is 3.31. The van der Waals surface area contributed by atoms with Crippen molar-refractivity contribution in [1.29, 1.82) is 0 Å². The van der Waals surface area contributed by atoms with Crippen molar-refractivity contribution in [2.75, 3.05) is 19.6 Å². The minimum absolute atomic E-state index is 0.0341. The Morgan fingerprint density at radius 2 is 2.15 bits per heavy atom. The van der Waals surface area contributed by atoms with E-state index >= 15 is 0 Å². The molecule has 2 heterocycles. The first-order valence-electron chi connectivity index (χ1n) is 6.80. The normalized spacial score (nSPS) is 16.0. The van der Waals surface area contributed by atoms with Gasteiger partial charge in [0.15, 0.2) is 0 Å². The van der Waals surface area contributed by atoms with Crippen molar-refractivity contribution in [3.05, 3.63) is 29.8 Å². The number of rotatable bonds is 3. The first kappa shape index (κ1) is 14.4. The van der Waals surface area contributed by atoms with Crippen LogP contribution in [0, 0.1) is 11.9 Å². The molecule has 0 bridgehead atoms. The van der Waals surface area contributed by atoms with Crippen LogP contribution in [0.2, 0.25) is 0 Å². The molecule has 6 heteroatoms. The van der Waals surface area contributed by atoms with E-state index in [1.54, 1.807) is 4.90 Å². The van der Waals surface area contributed by atoms with Gasteiger partial charge in [0.25, 0.3) is 5.91 Å². The molecule has 0 spiro atoms. The van der Waals surface area contributed by atoms with Gasteiger partial charge < -0.3 is 10.2 Å². The van der Waals surface area contributed by atoms with Crippen LogP contribution >= 0.6 is 0 Å². The average Bonchev–Trinajstić information content (AvgIpc) is 2.47. The zero-order chi connectivity index (χ0) is 14.5. The molecule has 5 nitrogen and oxygen atoms in total. The largest absolute Gasteiger partial charge is 0.356 e. The molecule has 2 amide bonds. The fourth-order valence-electron chi connectivity index (χ4n) is 2.38. The second kappa shape index (κ2) is 6.45. The number of piperidine rings is 1. The SMILES string of the molecule is CCNC(=O)C1CCN(C(=O)c2ccnc(F)c2)CC1. The summed E-state index contributed by atoms with van der Waals surface area (Å²) in [6, 6.07) is 2.64. The Labute approximate surface area is 117 Å². The third-order valence-electron chi connectivity index (χ3n) is 3.48. The maximum absolute atomic E-state index is 13.0. The molecule has 0 radical (unpaired) electrons. The van der Waals surface area contributed by atoms with E-state index in [0.717, 1.165) is 6.07 Å². The molecular formula is C14H18FN3O2. The van der Waals surface area contributed by atoms with Crippen LogP contribution in [0.3, 0.4) is 0 Å². The predicted octanol–water partition coefficient (Wildman–Crippen LogP) is 1.21. The highest BCUT2D eigenvalue weighted by atomic mass is 19.1. The van der Waals surface area contributed by atoms with Crippen LogP contribution in [0.15, 0.2) is 18.3 Å². The Balaban J connectivity index is 1.93. The molecule has 0 aromatic carbocycles. The molecule has 1 saturated heterocycles. The number of nitrogens with one attached hydrogen (secondary N) is 1. The van der Waals surface area contributed by atoms with E-state index in [1.807, 2.05) is 6.92 Å². The first-order chi connectivity index (χ1) is 9.61. The molecule has 1 fully saturated rings. The number of carbonyl (C=O) groups excluding carboxylic acids is 2. The van der Waals surface area contributed by atoms with Crippen molar-refractivity contribution in [3.63, 3.8) is 0 Å². The fourth-order valence-corrected chi connectivity index (χ4v) is 2.38. The number of amides is 2. The molecule has 1 aliphatic heterocycles. The zero-order valence-corrected chi connectivity index (χ0v) is 11.4. The number of halogens is 1. The summed E-state index contributed by atoms with van der Waals surface area (Å²) >= 11 is 0. The van der Waals surface area contributed by atoms with Crippen molar-refractivity contribution < 1.29 is 14.0 Å². The molecule has 0 atom stereocenters. The zero-order valence-electron chi connectivity index (χ0n) is 11.4. The summed E-state index contributed by atoms with van der Waals surface area (Å²) in [4.78, 5) is 29.0. The van der Waals surface area contributed by atoms with Crippen molar-refractivity contribution >= 4 is 11.8 Å². The quantitative estimate of drug-likeness (QED) is 0.846. The number of pyridine rings is 1. The first-order valence-corrected chi connectivity index (χ1v) is 6.80. The second-order valence-electron chi connectivity index (χ2n) is 4.83. The van der Waals surface area contributed by atoms with Gasteiger partial charge in [-0.25, -0.2) is 4.98 Å². The number of hydrogen-bond donors (Lipinski definition) is 1. The van der Waals surface area contributed by atoms with Crippen LogP contribution in [0.4, 0.5) is 4.39 Å². The summed E-state index contributed by atoms with van der Waals surface area (Å²) in [7, 11) is 0. The summed E-state index contributed by atoms with van der Waals surface area (Å²) < 4.78 is 13.0. The maximum Gasteiger partial charge on any atom is 0.254 e. The smallest absolute Gasteiger partial charge is 0.254 e. The van der Waals surface area contributed by atoms with Crippen LogP contribution < -0.4 is 5.32 Å². The third-order valence-corrected chi connectivity index (χ3v) is 3.48. The highest BCUT2D eigenvalue weighted by Crippen LogP contribution is 2.19. The molecular weight excluding hydrogens is 261 g/mol. The van der Waals surface area contributed by atoms with Gasteiger partial charge in [0.05, 0.1) is 0 Å². The van der Waals surface area contributed by atoms with Crippen LogP contribution in [0.25, 0.3) is 0 Å². The van der Waals surface area contributed by atoms with Crippen LogP contribution in [-0.4, -0.2) is 41.3 Å². The molecule has 0 aliphatic carbocycles. The van der Waals surface area contributed by atoms with Gasteiger partial charge in [-0.2, -0.15) is 4.39 Å². The van der Waals surface area contributed by atoms with E-state index in [9.17, 15) is 14.0 Å². The lowest BCUT2D eigenvalue weighted by Crippen LogP contribution is -2.43. The molecule has 0 saturated carbocycles. The number of aromatic nitrogens is 1. The van der Waals surface area contributed by atoms with Crippen LogP contribution in [0.5, 0.6) is 0 Å². The van der Waals surface area contributed by atoms with Crippen molar-refractivity contribution in [1.82, 2.24) is 15.2 Å². The van der Waals surface area contributed by atoms with Crippen LogP contribution in [0.1, 0.15) is 30.1 Å². The lowest BCUT2D eigenvalue weighted by atomic mass is 9.95. The molecule has 1 aromatic rings. The van der Waals surface area contributed by atoms with E-state index in [2.05, 4.69) is 10.3 Å². The van der Waals surface area contributed by atoms with Gasteiger partial charge in [-0.3, -0.25) is 9.59 Å². The van der Waals surface area contributed by atoms with E-state index in [4.69, 9.17) is 0 Å². The molecule has 20 heavy (non-hydrogen) atoms. The van der Waals surface area contributed by atoms with Gasteiger partial charge in [0.1, 0.15) is 0 Å². The second-order valence-corrected chi connectivity index (χ2v) is 4.83. The topological polar surface area (TPSA) is 62.3 Å². The summed E-state index contributed by atoms with van der Waals surface area (Å²) in [6.07, 6.45) is 2.57. The summed E-state index contributed by atoms with van der Waals surface area (Å²) in [5.74, 6) is -0.851. The summed E-state index contributed by atoms with van der Waals surface area (Å²) in [6.45, 7) is 3.54. The van der Waals surface area contributed by atoms with Gasteiger partial charge in [-0.15, -0.1) is 0 Å². The van der Waals surface area contributed by atoms with Gasteiger partial charge in [0, 0.05) is 43.4 Å². The minimum atomic E-state index is -0.659. The Hall–Kier alpha value is -1.98. The Morgan fingerprint density at radius 1 is 1.45 bits per heavy atom. The highest BCUT2D eigenvalue weighted by molar-refractivity contribution is 5.94. The molecule has 1 N–H and O–H groups in total. The molecule has 1 aromatic heterocycles. The van der Waals surface area contributed by atoms with Crippen LogP contribution in [-0.2, 0) is 4.79 Å². The van der Waals surface area contributed by atoms with Gasteiger partial charge in [-0.05, 0) is 25.8 Å². The van der Waals surface area contributed by atoms with Gasteiger partial charge >= 0.3 is 0 Å². The lowest BCUT2D eigenvalue weighted by molar-refractivity contribution is -0.126.